The lowest BCUT2D eigenvalue weighted by molar-refractivity contribution is -0.0554. The van der Waals surface area contributed by atoms with E-state index in [4.69, 9.17) is 0 Å². The minimum Gasteiger partial charge on any atom is -0.395 e. The second-order valence-electron chi connectivity index (χ2n) is 8.76. The second kappa shape index (κ2) is 10.4. The fourth-order valence-corrected chi connectivity index (χ4v) is 6.56. The monoisotopic (exact) mass is 470 g/mol. The summed E-state index contributed by atoms with van der Waals surface area (Å²) in [7, 11) is -3.95. The molecule has 2 saturated heterocycles. The largest absolute Gasteiger partial charge is 0.395 e. The third-order valence-corrected chi connectivity index (χ3v) is 8.59. The van der Waals surface area contributed by atoms with Gasteiger partial charge in [-0.05, 0) is 55.6 Å². The zero-order valence-electron chi connectivity index (χ0n) is 19.0. The van der Waals surface area contributed by atoms with E-state index in [9.17, 15) is 17.9 Å². The molecule has 0 radical (unpaired) electrons. The van der Waals surface area contributed by atoms with Gasteiger partial charge in [-0.3, -0.25) is 4.90 Å². The molecule has 2 heterocycles. The Balaban J connectivity index is 1.60. The van der Waals surface area contributed by atoms with Crippen LogP contribution >= 0.6 is 0 Å². The Morgan fingerprint density at radius 2 is 1.82 bits per heavy atom. The molecule has 2 aliphatic rings. The normalized spacial score (nSPS) is 24.0. The van der Waals surface area contributed by atoms with Gasteiger partial charge in [-0.15, -0.1) is 0 Å². The fraction of sp³-hybridized carbons (Fsp3) is 0.462. The van der Waals surface area contributed by atoms with Gasteiger partial charge in [0.15, 0.2) is 0 Å². The van der Waals surface area contributed by atoms with Gasteiger partial charge in [0.25, 0.3) is 0 Å². The van der Waals surface area contributed by atoms with E-state index in [0.29, 0.717) is 13.0 Å². The first kappa shape index (κ1) is 23.9. The Labute approximate surface area is 196 Å². The molecule has 2 fully saturated rings. The Morgan fingerprint density at radius 3 is 2.52 bits per heavy atom. The van der Waals surface area contributed by atoms with Crippen LogP contribution in [0.25, 0.3) is 0 Å². The summed E-state index contributed by atoms with van der Waals surface area (Å²) in [5, 5.41) is 10.1. The Hall–Kier alpha value is -2.24. The number of sulfonamides is 1. The number of benzene rings is 2. The van der Waals surface area contributed by atoms with E-state index in [0.717, 1.165) is 36.9 Å². The highest BCUT2D eigenvalue weighted by Crippen LogP contribution is 2.42. The molecule has 33 heavy (non-hydrogen) atoms. The van der Waals surface area contributed by atoms with Crippen molar-refractivity contribution in [2.45, 2.75) is 55.5 Å². The van der Waals surface area contributed by atoms with E-state index in [2.05, 4.69) is 23.7 Å². The molecule has 0 amide bonds. The predicted octanol–water partition coefficient (Wildman–Crippen LogP) is 3.59. The van der Waals surface area contributed by atoms with Crippen molar-refractivity contribution in [2.24, 2.45) is 0 Å². The highest BCUT2D eigenvalue weighted by Gasteiger charge is 2.50. The van der Waals surface area contributed by atoms with Crippen LogP contribution in [0.5, 0.6) is 0 Å². The van der Waals surface area contributed by atoms with Crippen molar-refractivity contribution in [1.29, 1.82) is 0 Å². The predicted molar refractivity (Wildman–Crippen MR) is 127 cm³/mol. The Kier molecular flexibility index (Phi) is 7.50. The van der Waals surface area contributed by atoms with Crippen LogP contribution in [-0.4, -0.2) is 61.1 Å². The van der Waals surface area contributed by atoms with Crippen LogP contribution in [0, 0.1) is 17.7 Å². The highest BCUT2D eigenvalue weighted by atomic mass is 32.2. The number of unbranched alkanes of at least 4 members (excludes halogenated alkanes) is 1. The lowest BCUT2D eigenvalue weighted by Gasteiger charge is -2.57. The first-order valence-corrected chi connectivity index (χ1v) is 13.1. The van der Waals surface area contributed by atoms with Crippen LogP contribution in [0.1, 0.15) is 49.7 Å². The van der Waals surface area contributed by atoms with Crippen LogP contribution in [0.4, 0.5) is 4.39 Å². The van der Waals surface area contributed by atoms with Crippen LogP contribution in [0.15, 0.2) is 53.4 Å². The van der Waals surface area contributed by atoms with E-state index in [-0.39, 0.29) is 36.0 Å². The SMILES string of the molecule is CCCC#Cc1ccc([C@@H]2[C@H]3CN(S(=O)(=O)c4ccccc4F)CCCCN3[C@H]2CO)cc1. The third-order valence-electron chi connectivity index (χ3n) is 6.69. The molecule has 4 rings (SSSR count). The molecular formula is C26H31FN2O3S. The van der Waals surface area contributed by atoms with Gasteiger partial charge in [0.1, 0.15) is 10.7 Å². The molecule has 2 aromatic rings. The van der Waals surface area contributed by atoms with E-state index in [1.165, 1.54) is 22.5 Å². The molecule has 2 aromatic carbocycles. The quantitative estimate of drug-likeness (QED) is 0.679. The van der Waals surface area contributed by atoms with Crippen molar-refractivity contribution in [1.82, 2.24) is 9.21 Å². The number of aliphatic hydroxyl groups is 1. The summed E-state index contributed by atoms with van der Waals surface area (Å²) in [5.41, 5.74) is 2.02. The Morgan fingerprint density at radius 1 is 1.09 bits per heavy atom. The summed E-state index contributed by atoms with van der Waals surface area (Å²) in [5.74, 6) is 5.59. The minimum atomic E-state index is -3.95. The summed E-state index contributed by atoms with van der Waals surface area (Å²) in [6, 6.07) is 13.5. The van der Waals surface area contributed by atoms with Crippen LogP contribution in [0.3, 0.4) is 0 Å². The molecule has 1 N–H and O–H groups in total. The molecule has 7 heteroatoms. The Bertz CT molecular complexity index is 1120. The molecule has 0 saturated carbocycles. The summed E-state index contributed by atoms with van der Waals surface area (Å²) < 4.78 is 42.4. The van der Waals surface area contributed by atoms with Gasteiger partial charge in [-0.1, -0.05) is 43.0 Å². The first-order valence-electron chi connectivity index (χ1n) is 11.7. The molecule has 0 unspecified atom stereocenters. The first-order chi connectivity index (χ1) is 16.0. The number of hydrogen-bond donors (Lipinski definition) is 1. The van der Waals surface area contributed by atoms with Crippen LogP contribution in [0.2, 0.25) is 0 Å². The molecule has 0 bridgehead atoms. The zero-order chi connectivity index (χ0) is 23.4. The van der Waals surface area contributed by atoms with Gasteiger partial charge in [0, 0.05) is 43.1 Å². The van der Waals surface area contributed by atoms with Crippen LogP contribution in [-0.2, 0) is 10.0 Å². The average molecular weight is 471 g/mol. The molecular weight excluding hydrogens is 439 g/mol. The summed E-state index contributed by atoms with van der Waals surface area (Å²) in [4.78, 5) is 1.93. The van der Waals surface area contributed by atoms with E-state index in [1.807, 2.05) is 24.3 Å². The van der Waals surface area contributed by atoms with Crippen molar-refractivity contribution in [3.8, 4) is 11.8 Å². The summed E-state index contributed by atoms with van der Waals surface area (Å²) >= 11 is 0. The lowest BCUT2D eigenvalue weighted by Crippen LogP contribution is -2.67. The second-order valence-corrected chi connectivity index (χ2v) is 10.7. The van der Waals surface area contributed by atoms with Crippen molar-refractivity contribution in [3.63, 3.8) is 0 Å². The number of rotatable bonds is 5. The third kappa shape index (κ3) is 4.85. The van der Waals surface area contributed by atoms with Gasteiger partial charge in [-0.2, -0.15) is 4.31 Å². The lowest BCUT2D eigenvalue weighted by atomic mass is 9.74. The number of aliphatic hydroxyl groups excluding tert-OH is 1. The molecule has 0 aliphatic carbocycles. The highest BCUT2D eigenvalue weighted by molar-refractivity contribution is 7.89. The maximum Gasteiger partial charge on any atom is 0.246 e. The van der Waals surface area contributed by atoms with Gasteiger partial charge < -0.3 is 5.11 Å². The molecule has 3 atom stereocenters. The average Bonchev–Trinajstić information content (AvgIpc) is 2.79. The summed E-state index contributed by atoms with van der Waals surface area (Å²) in [6.45, 7) is 3.57. The minimum absolute atomic E-state index is 0.00377. The number of nitrogens with zero attached hydrogens (tertiary/aromatic N) is 2. The van der Waals surface area contributed by atoms with Crippen molar-refractivity contribution in [2.75, 3.05) is 26.2 Å². The smallest absolute Gasteiger partial charge is 0.246 e. The van der Waals surface area contributed by atoms with Crippen LogP contribution < -0.4 is 0 Å². The molecule has 5 nitrogen and oxygen atoms in total. The van der Waals surface area contributed by atoms with E-state index >= 15 is 0 Å². The van der Waals surface area contributed by atoms with E-state index in [1.54, 1.807) is 6.07 Å². The number of fused-ring (bicyclic) bond motifs is 1. The van der Waals surface area contributed by atoms with Crippen molar-refractivity contribution >= 4 is 10.0 Å². The number of halogens is 1. The maximum atomic E-state index is 14.4. The molecule has 0 spiro atoms. The van der Waals surface area contributed by atoms with Crippen molar-refractivity contribution in [3.05, 3.63) is 65.5 Å². The fourth-order valence-electron chi connectivity index (χ4n) is 5.00. The van der Waals surface area contributed by atoms with Gasteiger partial charge in [-0.25, -0.2) is 12.8 Å². The number of hydrogen-bond acceptors (Lipinski definition) is 4. The molecule has 0 aromatic heterocycles. The maximum absolute atomic E-state index is 14.4. The van der Waals surface area contributed by atoms with Gasteiger partial charge in [0.05, 0.1) is 6.61 Å². The molecule has 2 aliphatic heterocycles. The standard InChI is InChI=1S/C26H31FN2O3S/c1-2-3-4-9-20-12-14-21(15-13-20)26-23-18-28(16-7-8-17-29(23)24(26)19-30)33(31,32)25-11-6-5-10-22(25)27/h5-6,10-15,23-24,26,30H,2-3,7-8,16-19H2,1H3/t23-,24+,26-/m1/s1. The van der Waals surface area contributed by atoms with Crippen molar-refractivity contribution < 1.29 is 17.9 Å². The topological polar surface area (TPSA) is 60.9 Å². The summed E-state index contributed by atoms with van der Waals surface area (Å²) in [6.07, 6.45) is 3.41. The van der Waals surface area contributed by atoms with Gasteiger partial charge in [0.2, 0.25) is 10.0 Å². The van der Waals surface area contributed by atoms with Gasteiger partial charge >= 0.3 is 0 Å². The molecule has 176 valence electrons. The van der Waals surface area contributed by atoms with E-state index < -0.39 is 15.8 Å². The zero-order valence-corrected chi connectivity index (χ0v) is 19.8.